The summed E-state index contributed by atoms with van der Waals surface area (Å²) in [5.74, 6) is -0.521. The van der Waals surface area contributed by atoms with Gasteiger partial charge in [0.05, 0.1) is 10.9 Å². The predicted molar refractivity (Wildman–Crippen MR) is 81.4 cm³/mol. The molecule has 8 heteroatoms. The molecule has 0 spiro atoms. The van der Waals surface area contributed by atoms with Crippen molar-refractivity contribution in [1.29, 1.82) is 0 Å². The van der Waals surface area contributed by atoms with Crippen LogP contribution in [0.4, 0.5) is 0 Å². The predicted octanol–water partition coefficient (Wildman–Crippen LogP) is 0.284. The Bertz CT molecular complexity index is 797. The first-order chi connectivity index (χ1) is 9.43. The minimum Gasteiger partial charge on any atom is -0.504 e. The van der Waals surface area contributed by atoms with Crippen molar-refractivity contribution < 1.29 is 10.2 Å². The Kier molecular flexibility index (Phi) is 4.06. The Balaban J connectivity index is 3.09. The molecule has 0 aliphatic rings. The third-order valence-electron chi connectivity index (χ3n) is 3.16. The molecule has 20 heavy (non-hydrogen) atoms. The van der Waals surface area contributed by atoms with Crippen LogP contribution in [0.1, 0.15) is 0 Å². The monoisotopic (exact) mass is 316 g/mol. The molecule has 0 fully saturated rings. The molecule has 0 saturated carbocycles. The summed E-state index contributed by atoms with van der Waals surface area (Å²) in [5.41, 5.74) is -0.701. The van der Waals surface area contributed by atoms with Gasteiger partial charge in [0.15, 0.2) is 11.5 Å². The van der Waals surface area contributed by atoms with E-state index in [1.807, 2.05) is 0 Å². The average molecular weight is 317 g/mol. The number of aryl methyl sites for hydroxylation is 1. The van der Waals surface area contributed by atoms with Crippen LogP contribution < -0.4 is 16.6 Å². The maximum Gasteiger partial charge on any atom is 0.331 e. The fraction of sp³-hybridized carbons (Fsp3) is 0.333. The Morgan fingerprint density at radius 1 is 1.35 bits per heavy atom. The van der Waals surface area contributed by atoms with Crippen molar-refractivity contribution >= 4 is 36.4 Å². The van der Waals surface area contributed by atoms with Gasteiger partial charge in [0.25, 0.3) is 5.56 Å². The maximum atomic E-state index is 12.4. The highest BCUT2D eigenvalue weighted by Crippen LogP contribution is 2.30. The maximum absolute atomic E-state index is 12.4. The molecule has 2 aromatic rings. The highest BCUT2D eigenvalue weighted by atomic mass is 35.5. The van der Waals surface area contributed by atoms with Gasteiger partial charge in [0.2, 0.25) is 0 Å². The van der Waals surface area contributed by atoms with E-state index in [0.717, 1.165) is 4.57 Å². The Morgan fingerprint density at radius 2 is 2.00 bits per heavy atom. The van der Waals surface area contributed by atoms with Gasteiger partial charge in [-0.25, -0.2) is 4.79 Å². The third-order valence-corrected chi connectivity index (χ3v) is 4.31. The molecule has 0 saturated heterocycles. The zero-order valence-electron chi connectivity index (χ0n) is 11.0. The summed E-state index contributed by atoms with van der Waals surface area (Å²) >= 11 is 5.62. The van der Waals surface area contributed by atoms with Crippen molar-refractivity contribution in [1.82, 2.24) is 9.13 Å². The zero-order chi connectivity index (χ0) is 15.0. The van der Waals surface area contributed by atoms with Crippen LogP contribution in [-0.4, -0.2) is 31.9 Å². The normalized spacial score (nSPS) is 11.8. The number of aromatic hydroxyl groups is 2. The van der Waals surface area contributed by atoms with Gasteiger partial charge in [-0.1, -0.05) is 8.58 Å². The summed E-state index contributed by atoms with van der Waals surface area (Å²) < 4.78 is 2.31. The molecule has 6 nitrogen and oxygen atoms in total. The minimum atomic E-state index is -0.501. The lowest BCUT2D eigenvalue weighted by Gasteiger charge is -2.14. The molecular formula is C12H14ClN2O4P. The first kappa shape index (κ1) is 14.9. The van der Waals surface area contributed by atoms with Crippen molar-refractivity contribution in [3.63, 3.8) is 0 Å². The van der Waals surface area contributed by atoms with Crippen molar-refractivity contribution in [2.75, 3.05) is 12.5 Å². The number of rotatable bonds is 3. The van der Waals surface area contributed by atoms with E-state index in [0.29, 0.717) is 10.8 Å². The standard InChI is InChI=1S/C12H14ClN2O4P/c1-14-6-5-7(16)9(17)10(20-2)8(6)11(18)15(4-3-13)12(14)19/h5,16-17,20H,3-4H2,1-2H3. The summed E-state index contributed by atoms with van der Waals surface area (Å²) in [6.45, 7) is 1.88. The van der Waals surface area contributed by atoms with Crippen molar-refractivity contribution in [2.24, 2.45) is 7.05 Å². The number of phenolic OH excluding ortho intramolecular Hbond substituents is 2. The van der Waals surface area contributed by atoms with E-state index >= 15 is 0 Å². The molecule has 108 valence electrons. The third kappa shape index (κ3) is 2.09. The van der Waals surface area contributed by atoms with Crippen LogP contribution in [0.2, 0.25) is 0 Å². The lowest BCUT2D eigenvalue weighted by atomic mass is 10.2. The Hall–Kier alpha value is -1.52. The second-order valence-electron chi connectivity index (χ2n) is 4.25. The van der Waals surface area contributed by atoms with Gasteiger partial charge in [0, 0.05) is 30.8 Å². The molecular weight excluding hydrogens is 303 g/mol. The van der Waals surface area contributed by atoms with Crippen molar-refractivity contribution in [3.8, 4) is 11.5 Å². The molecule has 0 radical (unpaired) electrons. The highest BCUT2D eigenvalue weighted by molar-refractivity contribution is 7.47. The first-order valence-electron chi connectivity index (χ1n) is 5.86. The number of hydrogen-bond donors (Lipinski definition) is 2. The summed E-state index contributed by atoms with van der Waals surface area (Å²) in [6.07, 6.45) is 0. The van der Waals surface area contributed by atoms with Gasteiger partial charge in [-0.2, -0.15) is 0 Å². The second-order valence-corrected chi connectivity index (χ2v) is 5.63. The number of halogens is 1. The van der Waals surface area contributed by atoms with Gasteiger partial charge < -0.3 is 10.2 Å². The van der Waals surface area contributed by atoms with Crippen molar-refractivity contribution in [3.05, 3.63) is 26.9 Å². The molecule has 0 bridgehead atoms. The molecule has 0 aliphatic carbocycles. The molecule has 0 amide bonds. The first-order valence-corrected chi connectivity index (χ1v) is 7.89. The number of aromatic nitrogens is 2. The van der Waals surface area contributed by atoms with E-state index < -0.39 is 11.2 Å². The lowest BCUT2D eigenvalue weighted by molar-refractivity contribution is 0.407. The number of hydrogen-bond acceptors (Lipinski definition) is 4. The molecule has 1 atom stereocenters. The van der Waals surface area contributed by atoms with Gasteiger partial charge in [-0.15, -0.1) is 11.6 Å². The Labute approximate surface area is 121 Å². The number of fused-ring (bicyclic) bond motifs is 1. The lowest BCUT2D eigenvalue weighted by Crippen LogP contribution is -2.40. The molecule has 1 aromatic heterocycles. The fourth-order valence-corrected chi connectivity index (χ4v) is 3.18. The molecule has 1 aromatic carbocycles. The largest absolute Gasteiger partial charge is 0.504 e. The number of benzene rings is 1. The highest BCUT2D eigenvalue weighted by Gasteiger charge is 2.18. The van der Waals surface area contributed by atoms with Crippen molar-refractivity contribution in [2.45, 2.75) is 6.54 Å². The second kappa shape index (κ2) is 5.46. The molecule has 2 rings (SSSR count). The number of phenols is 2. The van der Waals surface area contributed by atoms with Gasteiger partial charge >= 0.3 is 5.69 Å². The topological polar surface area (TPSA) is 84.5 Å². The SMILES string of the molecule is CPc1c(O)c(O)cc2c1c(=O)n(CCCl)c(=O)n2C. The van der Waals surface area contributed by atoms with E-state index in [1.54, 1.807) is 6.66 Å². The Morgan fingerprint density at radius 3 is 2.55 bits per heavy atom. The quantitative estimate of drug-likeness (QED) is 0.484. The fourth-order valence-electron chi connectivity index (χ4n) is 2.16. The number of nitrogens with zero attached hydrogens (tertiary/aromatic N) is 2. The van der Waals surface area contributed by atoms with Crippen LogP contribution in [0.3, 0.4) is 0 Å². The van der Waals surface area contributed by atoms with E-state index in [-0.39, 0.29) is 37.9 Å². The molecule has 1 heterocycles. The summed E-state index contributed by atoms with van der Waals surface area (Å²) in [7, 11) is 1.60. The van der Waals surface area contributed by atoms with Crippen LogP contribution >= 0.6 is 20.2 Å². The molecule has 0 aliphatic heterocycles. The van der Waals surface area contributed by atoms with Crippen LogP contribution in [0, 0.1) is 0 Å². The minimum absolute atomic E-state index is 0.0942. The van der Waals surface area contributed by atoms with E-state index in [4.69, 9.17) is 11.6 Å². The molecule has 1 unspecified atom stereocenters. The summed E-state index contributed by atoms with van der Waals surface area (Å²) in [4.78, 5) is 24.6. The van der Waals surface area contributed by atoms with Crippen LogP contribution in [0.15, 0.2) is 15.7 Å². The molecule has 2 N–H and O–H groups in total. The van der Waals surface area contributed by atoms with Crippen LogP contribution in [-0.2, 0) is 13.6 Å². The van der Waals surface area contributed by atoms with E-state index in [1.165, 1.54) is 17.7 Å². The van der Waals surface area contributed by atoms with Gasteiger partial charge in [0.1, 0.15) is 0 Å². The van der Waals surface area contributed by atoms with Gasteiger partial charge in [-0.3, -0.25) is 13.9 Å². The average Bonchev–Trinajstić information content (AvgIpc) is 2.43. The van der Waals surface area contributed by atoms with Crippen LogP contribution in [0.5, 0.6) is 11.5 Å². The van der Waals surface area contributed by atoms with E-state index in [2.05, 4.69) is 0 Å². The zero-order valence-corrected chi connectivity index (χ0v) is 12.7. The smallest absolute Gasteiger partial charge is 0.331 e. The number of alkyl halides is 1. The van der Waals surface area contributed by atoms with Gasteiger partial charge in [-0.05, 0) is 6.66 Å². The summed E-state index contributed by atoms with van der Waals surface area (Å²) in [5, 5.41) is 20.2. The van der Waals surface area contributed by atoms with Crippen LogP contribution in [0.25, 0.3) is 10.9 Å². The van der Waals surface area contributed by atoms with E-state index in [9.17, 15) is 19.8 Å². The summed E-state index contributed by atoms with van der Waals surface area (Å²) in [6, 6.07) is 1.22.